The smallest absolute Gasteiger partial charge is 0.237 e. The van der Waals surface area contributed by atoms with Crippen molar-refractivity contribution in [3.63, 3.8) is 0 Å². The fourth-order valence-electron chi connectivity index (χ4n) is 3.62. The molecule has 0 spiro atoms. The largest absolute Gasteiger partial charge is 0.314 e. The Morgan fingerprint density at radius 3 is 2.74 bits per heavy atom. The van der Waals surface area contributed by atoms with E-state index in [1.807, 2.05) is 38.2 Å². The van der Waals surface area contributed by atoms with Crippen molar-refractivity contribution < 1.29 is 9.59 Å². The van der Waals surface area contributed by atoms with Gasteiger partial charge in [-0.15, -0.1) is 0 Å². The highest BCUT2D eigenvalue weighted by Gasteiger charge is 2.48. The first-order valence-electron chi connectivity index (χ1n) is 6.94. The van der Waals surface area contributed by atoms with E-state index >= 15 is 0 Å². The van der Waals surface area contributed by atoms with Crippen molar-refractivity contribution in [3.05, 3.63) is 29.8 Å². The number of rotatable bonds is 2. The third-order valence-electron chi connectivity index (χ3n) is 4.72. The molecule has 3 heteroatoms. The molecule has 1 fully saturated rings. The number of para-hydroxylation sites is 1. The fourth-order valence-corrected chi connectivity index (χ4v) is 3.62. The molecule has 1 amide bonds. The maximum atomic E-state index is 12.6. The molecular weight excluding hydrogens is 238 g/mol. The van der Waals surface area contributed by atoms with Crippen molar-refractivity contribution in [1.82, 2.24) is 0 Å². The van der Waals surface area contributed by atoms with Gasteiger partial charge in [-0.2, -0.15) is 0 Å². The summed E-state index contributed by atoms with van der Waals surface area (Å²) in [6.07, 6.45) is 3.26. The molecule has 0 aromatic heterocycles. The predicted octanol–water partition coefficient (Wildman–Crippen LogP) is 2.68. The molecule has 19 heavy (non-hydrogen) atoms. The third kappa shape index (κ3) is 1.71. The summed E-state index contributed by atoms with van der Waals surface area (Å²) in [5.41, 5.74) is 1.53. The van der Waals surface area contributed by atoms with Gasteiger partial charge in [0.1, 0.15) is 5.78 Å². The molecule has 1 aromatic carbocycles. The van der Waals surface area contributed by atoms with Gasteiger partial charge in [-0.25, -0.2) is 0 Å². The predicted molar refractivity (Wildman–Crippen MR) is 74.2 cm³/mol. The molecule has 0 bridgehead atoms. The molecule has 2 aliphatic rings. The zero-order valence-corrected chi connectivity index (χ0v) is 11.5. The molecule has 1 aromatic rings. The van der Waals surface area contributed by atoms with Crippen LogP contribution in [0, 0.1) is 5.92 Å². The number of likely N-dealkylation sites (N-methyl/N-ethyl adjacent to an activating group) is 1. The van der Waals surface area contributed by atoms with Crippen molar-refractivity contribution in [2.45, 2.75) is 38.0 Å². The van der Waals surface area contributed by atoms with E-state index in [0.717, 1.165) is 24.1 Å². The standard InChI is InChI=1S/C16H19NO2/c1-16(10-11-6-5-9-14(11)18)12-7-3-4-8-13(12)17(2)15(16)19/h3-4,7-8,11H,5-6,9-10H2,1-2H3. The number of amides is 1. The lowest BCUT2D eigenvalue weighted by Gasteiger charge is -2.26. The molecule has 100 valence electrons. The Morgan fingerprint density at radius 1 is 1.32 bits per heavy atom. The van der Waals surface area contributed by atoms with Gasteiger partial charge in [-0.05, 0) is 37.8 Å². The van der Waals surface area contributed by atoms with Gasteiger partial charge < -0.3 is 4.90 Å². The summed E-state index contributed by atoms with van der Waals surface area (Å²) in [5, 5.41) is 0. The van der Waals surface area contributed by atoms with Crippen LogP contribution in [0.1, 0.15) is 38.2 Å². The molecule has 1 heterocycles. The molecule has 1 saturated carbocycles. The molecule has 2 atom stereocenters. The second kappa shape index (κ2) is 4.19. The van der Waals surface area contributed by atoms with Crippen LogP contribution >= 0.6 is 0 Å². The average molecular weight is 257 g/mol. The van der Waals surface area contributed by atoms with Crippen molar-refractivity contribution in [2.75, 3.05) is 11.9 Å². The topological polar surface area (TPSA) is 37.4 Å². The van der Waals surface area contributed by atoms with Gasteiger partial charge in [0.05, 0.1) is 5.41 Å². The second-order valence-electron chi connectivity index (χ2n) is 5.97. The zero-order chi connectivity index (χ0) is 13.6. The van der Waals surface area contributed by atoms with Crippen LogP contribution in [0.15, 0.2) is 24.3 Å². The molecule has 1 aliphatic carbocycles. The summed E-state index contributed by atoms with van der Waals surface area (Å²) in [7, 11) is 1.82. The van der Waals surface area contributed by atoms with Crippen molar-refractivity contribution in [1.29, 1.82) is 0 Å². The molecule has 0 saturated heterocycles. The molecule has 0 radical (unpaired) electrons. The summed E-state index contributed by atoms with van der Waals surface area (Å²) in [6, 6.07) is 7.93. The number of Topliss-reactive ketones (excluding diaryl/α,β-unsaturated/α-hetero) is 1. The third-order valence-corrected chi connectivity index (χ3v) is 4.72. The first-order chi connectivity index (χ1) is 9.04. The maximum Gasteiger partial charge on any atom is 0.237 e. The Balaban J connectivity index is 1.99. The highest BCUT2D eigenvalue weighted by molar-refractivity contribution is 6.07. The quantitative estimate of drug-likeness (QED) is 0.817. The van der Waals surface area contributed by atoms with Crippen LogP contribution in [0.5, 0.6) is 0 Å². The molecule has 3 nitrogen and oxygen atoms in total. The first-order valence-corrected chi connectivity index (χ1v) is 6.94. The van der Waals surface area contributed by atoms with E-state index < -0.39 is 5.41 Å². The lowest BCUT2D eigenvalue weighted by molar-refractivity contribution is -0.124. The fraction of sp³-hybridized carbons (Fsp3) is 0.500. The Morgan fingerprint density at radius 2 is 2.05 bits per heavy atom. The lowest BCUT2D eigenvalue weighted by atomic mass is 9.75. The zero-order valence-electron chi connectivity index (χ0n) is 11.5. The Bertz CT molecular complexity index is 551. The van der Waals surface area contributed by atoms with E-state index in [-0.39, 0.29) is 11.8 Å². The summed E-state index contributed by atoms with van der Waals surface area (Å²) in [6.45, 7) is 1.99. The number of anilines is 1. The highest BCUT2D eigenvalue weighted by Crippen LogP contribution is 2.46. The number of benzene rings is 1. The Hall–Kier alpha value is -1.64. The number of carbonyl (C=O) groups excluding carboxylic acids is 2. The molecular formula is C16H19NO2. The van der Waals surface area contributed by atoms with Gasteiger partial charge in [0.2, 0.25) is 5.91 Å². The molecule has 2 unspecified atom stereocenters. The lowest BCUT2D eigenvalue weighted by Crippen LogP contribution is -2.38. The highest BCUT2D eigenvalue weighted by atomic mass is 16.2. The van der Waals surface area contributed by atoms with Crippen LogP contribution in [0.2, 0.25) is 0 Å². The molecule has 1 aliphatic heterocycles. The summed E-state index contributed by atoms with van der Waals surface area (Å²) < 4.78 is 0. The van der Waals surface area contributed by atoms with Gasteiger partial charge in [0.25, 0.3) is 0 Å². The van der Waals surface area contributed by atoms with Gasteiger partial charge in [-0.1, -0.05) is 18.2 Å². The Labute approximate surface area is 113 Å². The monoisotopic (exact) mass is 257 g/mol. The summed E-state index contributed by atoms with van der Waals surface area (Å²) in [4.78, 5) is 26.2. The van der Waals surface area contributed by atoms with E-state index in [0.29, 0.717) is 18.6 Å². The van der Waals surface area contributed by atoms with Crippen molar-refractivity contribution in [3.8, 4) is 0 Å². The van der Waals surface area contributed by atoms with Gasteiger partial charge in [0, 0.05) is 25.1 Å². The van der Waals surface area contributed by atoms with Crippen LogP contribution in [0.4, 0.5) is 5.69 Å². The Kier molecular flexibility index (Phi) is 2.73. The van der Waals surface area contributed by atoms with E-state index in [9.17, 15) is 9.59 Å². The SMILES string of the molecule is CN1C(=O)C(C)(CC2CCCC2=O)c2ccccc21. The summed E-state index contributed by atoms with van der Waals surface area (Å²) in [5.74, 6) is 0.517. The average Bonchev–Trinajstić information content (AvgIpc) is 2.89. The van der Waals surface area contributed by atoms with Crippen molar-refractivity contribution >= 4 is 17.4 Å². The number of carbonyl (C=O) groups is 2. The normalized spacial score (nSPS) is 30.0. The van der Waals surface area contributed by atoms with Crippen LogP contribution < -0.4 is 4.90 Å². The minimum absolute atomic E-state index is 0.0634. The minimum atomic E-state index is -0.532. The second-order valence-corrected chi connectivity index (χ2v) is 5.97. The molecule has 3 rings (SSSR count). The van der Waals surface area contributed by atoms with Gasteiger partial charge in [0.15, 0.2) is 0 Å². The van der Waals surface area contributed by atoms with Gasteiger partial charge in [-0.3, -0.25) is 9.59 Å². The number of nitrogens with zero attached hydrogens (tertiary/aromatic N) is 1. The van der Waals surface area contributed by atoms with Crippen LogP contribution in [-0.4, -0.2) is 18.7 Å². The maximum absolute atomic E-state index is 12.6. The van der Waals surface area contributed by atoms with E-state index in [4.69, 9.17) is 0 Å². The van der Waals surface area contributed by atoms with Gasteiger partial charge >= 0.3 is 0 Å². The summed E-state index contributed by atoms with van der Waals surface area (Å²) >= 11 is 0. The minimum Gasteiger partial charge on any atom is -0.314 e. The van der Waals surface area contributed by atoms with Crippen LogP contribution in [0.3, 0.4) is 0 Å². The van der Waals surface area contributed by atoms with E-state index in [1.165, 1.54) is 0 Å². The van der Waals surface area contributed by atoms with Crippen LogP contribution in [-0.2, 0) is 15.0 Å². The number of hydrogen-bond acceptors (Lipinski definition) is 2. The van der Waals surface area contributed by atoms with Crippen LogP contribution in [0.25, 0.3) is 0 Å². The number of ketones is 1. The van der Waals surface area contributed by atoms with E-state index in [2.05, 4.69) is 0 Å². The number of hydrogen-bond donors (Lipinski definition) is 0. The number of fused-ring (bicyclic) bond motifs is 1. The first kappa shape index (κ1) is 12.4. The van der Waals surface area contributed by atoms with E-state index in [1.54, 1.807) is 4.90 Å². The van der Waals surface area contributed by atoms with Crippen molar-refractivity contribution in [2.24, 2.45) is 5.92 Å². The molecule has 0 N–H and O–H groups in total.